The van der Waals surface area contributed by atoms with Crippen LogP contribution in [-0.2, 0) is 18.9 Å². The van der Waals surface area contributed by atoms with Crippen LogP contribution in [0.15, 0.2) is 0 Å². The lowest BCUT2D eigenvalue weighted by Crippen LogP contribution is -2.49. The molecule has 9 aliphatic carbocycles. The van der Waals surface area contributed by atoms with Crippen molar-refractivity contribution < 1.29 is 18.9 Å². The van der Waals surface area contributed by atoms with Crippen LogP contribution in [0.3, 0.4) is 0 Å². The van der Waals surface area contributed by atoms with Crippen LogP contribution in [0.2, 0.25) is 0 Å². The summed E-state index contributed by atoms with van der Waals surface area (Å²) in [6.07, 6.45) is 33.6. The first kappa shape index (κ1) is 67.9. The Bertz CT molecular complexity index is 1160. The normalized spacial score (nSPS) is 37.1. The molecule has 0 radical (unpaired) electrons. The van der Waals surface area contributed by atoms with E-state index in [-0.39, 0.29) is 44.6 Å². The maximum Gasteiger partial charge on any atom is 0.0781 e. The van der Waals surface area contributed by atoms with E-state index in [2.05, 4.69) is 83.1 Å². The Morgan fingerprint density at radius 1 is 0.364 bits per heavy atom. The van der Waals surface area contributed by atoms with Crippen LogP contribution in [0.25, 0.3) is 0 Å². The van der Waals surface area contributed by atoms with Crippen molar-refractivity contribution >= 4 is 0 Å². The maximum absolute atomic E-state index is 5.28. The second-order valence-electron chi connectivity index (χ2n) is 26.0. The van der Waals surface area contributed by atoms with Gasteiger partial charge in [-0.2, -0.15) is 0 Å². The van der Waals surface area contributed by atoms with Crippen LogP contribution in [0.5, 0.6) is 0 Å². The van der Waals surface area contributed by atoms with E-state index < -0.39 is 0 Å². The van der Waals surface area contributed by atoms with Gasteiger partial charge in [-0.1, -0.05) is 139 Å². The fraction of sp³-hybridized carbons (Fsp3) is 1.00. The van der Waals surface area contributed by atoms with Crippen molar-refractivity contribution in [1.29, 1.82) is 0 Å². The summed E-state index contributed by atoms with van der Waals surface area (Å²) in [4.78, 5) is 0. The minimum atomic E-state index is 0. The molecule has 4 nitrogen and oxygen atoms in total. The molecule has 0 aromatic rings. The Balaban J connectivity index is 0. The van der Waals surface area contributed by atoms with Gasteiger partial charge in [0.15, 0.2) is 0 Å². The van der Waals surface area contributed by atoms with Crippen LogP contribution >= 0.6 is 0 Å². The van der Waals surface area contributed by atoms with E-state index in [4.69, 9.17) is 18.9 Å². The molecule has 400 valence electrons. The number of rotatable bonds is 0. The van der Waals surface area contributed by atoms with Crippen molar-refractivity contribution in [2.75, 3.05) is 33.0 Å². The lowest BCUT2D eigenvalue weighted by Gasteiger charge is -2.59. The van der Waals surface area contributed by atoms with Crippen molar-refractivity contribution in [3.8, 4) is 0 Å². The van der Waals surface area contributed by atoms with Crippen molar-refractivity contribution in [2.45, 2.75) is 294 Å². The summed E-state index contributed by atoms with van der Waals surface area (Å²) in [5, 5.41) is 0. The van der Waals surface area contributed by atoms with Crippen molar-refractivity contribution in [2.24, 2.45) is 74.4 Å². The summed E-state index contributed by atoms with van der Waals surface area (Å²) in [7, 11) is 0. The van der Waals surface area contributed by atoms with Crippen molar-refractivity contribution in [3.05, 3.63) is 0 Å². The fourth-order valence-corrected chi connectivity index (χ4v) is 15.0. The molecule has 0 amide bonds. The molecule has 0 aromatic heterocycles. The van der Waals surface area contributed by atoms with E-state index in [1.807, 2.05) is 6.92 Å². The minimum absolute atomic E-state index is 0. The largest absolute Gasteiger partial charge is 0.379 e. The van der Waals surface area contributed by atoms with Gasteiger partial charge >= 0.3 is 0 Å². The third kappa shape index (κ3) is 19.8. The predicted molar refractivity (Wildman–Crippen MR) is 296 cm³/mol. The third-order valence-electron chi connectivity index (χ3n) is 18.9. The van der Waals surface area contributed by atoms with Gasteiger partial charge in [-0.05, 0) is 211 Å². The molecule has 12 fully saturated rings. The third-order valence-corrected chi connectivity index (χ3v) is 18.9. The number of ether oxygens (including phenoxy) is 4. The zero-order chi connectivity index (χ0) is 43.8. The standard InChI is InChI=1S/C12H20.C11H20.C9H16.C8H16.C6H12O.C5H10O2.C5H10O.6CH4/c1-12(2)10-4-8-3-9(6-10)7-11(12)5-8;1-10(2)7-8-5-6-9(10)11(8,3)4;1-9(2)6-7-3-4-8(9)5-7;1-8(2)6-4-3-5-7-8;1-6-4-2-3-5-7-6;1-5-4-6-2-3-7-5;1-5-3-2-4-6-5;;;;;;/h8-11H,3-7H2,1-2H3;8-9H,5-7H2,1-4H3;7-8H,3-6H2,1-2H3;3-7H2,1-2H3;6H,2-5H2,1H3;5H,2-4H2,1H3;5H,2-4H2,1H3;6*1H4. The number of hydrogen-bond donors (Lipinski definition) is 0. The molecule has 3 aliphatic heterocycles. The molecule has 0 spiro atoms. The first-order chi connectivity index (χ1) is 28.2. The molecule has 8 bridgehead atoms. The summed E-state index contributed by atoms with van der Waals surface area (Å²) in [5.41, 5.74) is 3.39. The van der Waals surface area contributed by atoms with Crippen molar-refractivity contribution in [1.82, 2.24) is 0 Å². The van der Waals surface area contributed by atoms with Crippen LogP contribution < -0.4 is 0 Å². The molecule has 0 N–H and O–H groups in total. The van der Waals surface area contributed by atoms with Gasteiger partial charge in [0.1, 0.15) is 0 Å². The lowest BCUT2D eigenvalue weighted by atomic mass is 9.46. The van der Waals surface area contributed by atoms with E-state index in [0.717, 1.165) is 80.4 Å². The van der Waals surface area contributed by atoms with Crippen molar-refractivity contribution in [3.63, 3.8) is 0 Å². The molecule has 7 atom stereocenters. The first-order valence-corrected chi connectivity index (χ1v) is 26.6. The number of fused-ring (bicyclic) bond motifs is 4. The van der Waals surface area contributed by atoms with Crippen LogP contribution in [0, 0.1) is 74.4 Å². The Kier molecular flexibility index (Phi) is 30.9. The molecule has 12 aliphatic rings. The van der Waals surface area contributed by atoms with E-state index in [0.29, 0.717) is 45.4 Å². The minimum Gasteiger partial charge on any atom is -0.379 e. The first-order valence-electron chi connectivity index (χ1n) is 26.6. The average Bonchev–Trinajstić information content (AvgIpc) is 4.00. The highest BCUT2D eigenvalue weighted by Crippen LogP contribution is 2.65. The molecule has 3 saturated heterocycles. The second kappa shape index (κ2) is 30.0. The van der Waals surface area contributed by atoms with Gasteiger partial charge in [-0.15, -0.1) is 0 Å². The van der Waals surface area contributed by atoms with E-state index in [1.54, 1.807) is 38.5 Å². The van der Waals surface area contributed by atoms with E-state index in [9.17, 15) is 0 Å². The van der Waals surface area contributed by atoms with Gasteiger partial charge in [0.2, 0.25) is 0 Å². The summed E-state index contributed by atoms with van der Waals surface area (Å²) >= 11 is 0. The van der Waals surface area contributed by atoms with Crippen LogP contribution in [-0.4, -0.2) is 51.3 Å². The van der Waals surface area contributed by atoms with Gasteiger partial charge in [0.05, 0.1) is 38.1 Å². The molecule has 12 rings (SSSR count). The highest BCUT2D eigenvalue weighted by Gasteiger charge is 2.57. The smallest absolute Gasteiger partial charge is 0.0781 e. The molecule has 3 heterocycles. The molecule has 9 saturated carbocycles. The van der Waals surface area contributed by atoms with Gasteiger partial charge < -0.3 is 18.9 Å². The SMILES string of the molecule is C.C.C.C.C.C.CC1(C)C2CC3CC(C2)CC1C3.CC1(C)CC2CCC1C2.CC1(C)CC2CCC1C2(C)C.CC1(C)CCCCC1.CC1CCCCO1.CC1CCCO1.CC1COCCO1. The molecular formula is C62H128O4. The Morgan fingerprint density at radius 3 is 1.11 bits per heavy atom. The van der Waals surface area contributed by atoms with E-state index >= 15 is 0 Å². The zero-order valence-corrected chi connectivity index (χ0v) is 42.6. The summed E-state index contributed by atoms with van der Waals surface area (Å²) in [6, 6.07) is 0. The predicted octanol–water partition coefficient (Wildman–Crippen LogP) is 19.7. The van der Waals surface area contributed by atoms with Gasteiger partial charge in [-0.3, -0.25) is 0 Å². The highest BCUT2D eigenvalue weighted by atomic mass is 16.6. The quantitative estimate of drug-likeness (QED) is 0.243. The summed E-state index contributed by atoms with van der Waals surface area (Å²) in [5.74, 6) is 8.69. The summed E-state index contributed by atoms with van der Waals surface area (Å²) in [6.45, 7) is 35.1. The van der Waals surface area contributed by atoms with Crippen LogP contribution in [0.1, 0.15) is 276 Å². The number of hydrogen-bond acceptors (Lipinski definition) is 4. The topological polar surface area (TPSA) is 36.9 Å². The van der Waals surface area contributed by atoms with Crippen LogP contribution in [0.4, 0.5) is 0 Å². The Hall–Kier alpha value is -0.160. The van der Waals surface area contributed by atoms with Gasteiger partial charge in [0, 0.05) is 13.2 Å². The molecule has 7 unspecified atom stereocenters. The highest BCUT2D eigenvalue weighted by molar-refractivity contribution is 5.06. The molecular weight excluding hydrogens is 809 g/mol. The Morgan fingerprint density at radius 2 is 0.864 bits per heavy atom. The lowest BCUT2D eigenvalue weighted by molar-refractivity contribution is -0.0876. The summed E-state index contributed by atoms with van der Waals surface area (Å²) < 4.78 is 20.6. The van der Waals surface area contributed by atoms with E-state index in [1.165, 1.54) is 103 Å². The van der Waals surface area contributed by atoms with Gasteiger partial charge in [-0.25, -0.2) is 0 Å². The monoisotopic (exact) mass is 937 g/mol. The fourth-order valence-electron chi connectivity index (χ4n) is 15.0. The average molecular weight is 938 g/mol. The second-order valence-corrected chi connectivity index (χ2v) is 26.0. The molecule has 66 heavy (non-hydrogen) atoms. The maximum atomic E-state index is 5.28. The Labute approximate surface area is 418 Å². The molecule has 4 heteroatoms. The molecule has 0 aromatic carbocycles. The van der Waals surface area contributed by atoms with Gasteiger partial charge in [0.25, 0.3) is 0 Å². The zero-order valence-electron chi connectivity index (χ0n) is 42.6.